The lowest BCUT2D eigenvalue weighted by Gasteiger charge is -2.18. The zero-order chi connectivity index (χ0) is 20.4. The molecule has 28 heavy (non-hydrogen) atoms. The minimum Gasteiger partial charge on any atom is -0.296 e. The van der Waals surface area contributed by atoms with Gasteiger partial charge in [-0.1, -0.05) is 74.6 Å². The van der Waals surface area contributed by atoms with E-state index in [0.717, 1.165) is 16.9 Å². The SMILES string of the molecule is CC(C)(C)c1ccc(C(=O)Nc2nnc(S(=O)(=O)Cc3ccccc3)s2)cc1. The molecule has 2 aromatic carbocycles. The van der Waals surface area contributed by atoms with Crippen LogP contribution in [-0.2, 0) is 21.0 Å². The maximum Gasteiger partial charge on any atom is 0.257 e. The van der Waals surface area contributed by atoms with Crippen molar-refractivity contribution in [3.8, 4) is 0 Å². The van der Waals surface area contributed by atoms with Crippen LogP contribution in [0.2, 0.25) is 0 Å². The molecule has 1 aromatic heterocycles. The number of rotatable bonds is 5. The molecule has 0 atom stereocenters. The molecule has 3 aromatic rings. The highest BCUT2D eigenvalue weighted by Crippen LogP contribution is 2.25. The predicted octanol–water partition coefficient (Wildman–Crippen LogP) is 4.06. The Kier molecular flexibility index (Phi) is 5.62. The normalized spacial score (nSPS) is 12.0. The maximum atomic E-state index is 12.5. The molecule has 1 amide bonds. The van der Waals surface area contributed by atoms with E-state index >= 15 is 0 Å². The lowest BCUT2D eigenvalue weighted by Crippen LogP contribution is -2.14. The zero-order valence-electron chi connectivity index (χ0n) is 15.8. The Morgan fingerprint density at radius 1 is 1.00 bits per heavy atom. The number of aromatic nitrogens is 2. The lowest BCUT2D eigenvalue weighted by atomic mass is 9.87. The first-order valence-electron chi connectivity index (χ1n) is 8.67. The first kappa shape index (κ1) is 20.2. The van der Waals surface area contributed by atoms with Crippen LogP contribution >= 0.6 is 11.3 Å². The second-order valence-electron chi connectivity index (χ2n) is 7.40. The molecule has 1 heterocycles. The van der Waals surface area contributed by atoms with Crippen molar-refractivity contribution in [1.29, 1.82) is 0 Å². The Labute approximate surface area is 168 Å². The Hall–Kier alpha value is -2.58. The summed E-state index contributed by atoms with van der Waals surface area (Å²) in [6, 6.07) is 16.2. The van der Waals surface area contributed by atoms with E-state index in [1.54, 1.807) is 36.4 Å². The lowest BCUT2D eigenvalue weighted by molar-refractivity contribution is 0.102. The molecular formula is C20H21N3O3S2. The highest BCUT2D eigenvalue weighted by atomic mass is 32.2. The van der Waals surface area contributed by atoms with Crippen molar-refractivity contribution in [2.75, 3.05) is 5.32 Å². The zero-order valence-corrected chi connectivity index (χ0v) is 17.5. The summed E-state index contributed by atoms with van der Waals surface area (Å²) in [6.07, 6.45) is 0. The van der Waals surface area contributed by atoms with Gasteiger partial charge >= 0.3 is 0 Å². The van der Waals surface area contributed by atoms with Gasteiger partial charge in [0, 0.05) is 5.56 Å². The third-order valence-electron chi connectivity index (χ3n) is 4.11. The molecule has 0 fully saturated rings. The van der Waals surface area contributed by atoms with E-state index in [1.807, 2.05) is 18.2 Å². The number of anilines is 1. The molecule has 0 aliphatic carbocycles. The van der Waals surface area contributed by atoms with Gasteiger partial charge in [-0.15, -0.1) is 10.2 Å². The predicted molar refractivity (Wildman–Crippen MR) is 110 cm³/mol. The summed E-state index contributed by atoms with van der Waals surface area (Å²) >= 11 is 0.847. The van der Waals surface area contributed by atoms with Gasteiger partial charge in [0.15, 0.2) is 0 Å². The smallest absolute Gasteiger partial charge is 0.257 e. The monoisotopic (exact) mass is 415 g/mol. The van der Waals surface area contributed by atoms with E-state index in [-0.39, 0.29) is 26.5 Å². The first-order valence-corrected chi connectivity index (χ1v) is 11.1. The molecular weight excluding hydrogens is 394 g/mol. The summed E-state index contributed by atoms with van der Waals surface area (Å²) < 4.78 is 24.9. The van der Waals surface area contributed by atoms with Gasteiger partial charge in [-0.3, -0.25) is 10.1 Å². The molecule has 146 valence electrons. The van der Waals surface area contributed by atoms with Crippen LogP contribution in [0.5, 0.6) is 0 Å². The van der Waals surface area contributed by atoms with Crippen molar-refractivity contribution in [1.82, 2.24) is 10.2 Å². The van der Waals surface area contributed by atoms with Crippen molar-refractivity contribution in [3.63, 3.8) is 0 Å². The molecule has 0 bridgehead atoms. The Morgan fingerprint density at radius 3 is 2.25 bits per heavy atom. The molecule has 0 unspecified atom stereocenters. The molecule has 0 spiro atoms. The molecule has 0 radical (unpaired) electrons. The highest BCUT2D eigenvalue weighted by molar-refractivity contribution is 7.92. The standard InChI is InChI=1S/C20H21N3O3S2/c1-20(2,3)16-11-9-15(10-12-16)17(24)21-18-22-23-19(27-18)28(25,26)13-14-7-5-4-6-8-14/h4-12H,13H2,1-3H3,(H,21,22,24). The van der Waals surface area contributed by atoms with Crippen LogP contribution in [0.1, 0.15) is 42.3 Å². The van der Waals surface area contributed by atoms with E-state index < -0.39 is 9.84 Å². The van der Waals surface area contributed by atoms with Gasteiger partial charge in [-0.25, -0.2) is 8.42 Å². The Bertz CT molecular complexity index is 1070. The van der Waals surface area contributed by atoms with Crippen LogP contribution in [0, 0.1) is 0 Å². The summed E-state index contributed by atoms with van der Waals surface area (Å²) in [7, 11) is -3.62. The van der Waals surface area contributed by atoms with Crippen LogP contribution in [0.15, 0.2) is 58.9 Å². The Balaban J connectivity index is 1.71. The molecule has 0 aliphatic rings. The number of benzene rings is 2. The summed E-state index contributed by atoms with van der Waals surface area (Å²) in [5.74, 6) is -0.520. The number of hydrogen-bond acceptors (Lipinski definition) is 6. The third-order valence-corrected chi connectivity index (χ3v) is 7.08. The van der Waals surface area contributed by atoms with E-state index in [9.17, 15) is 13.2 Å². The number of carbonyl (C=O) groups excluding carboxylic acids is 1. The molecule has 8 heteroatoms. The van der Waals surface area contributed by atoms with E-state index in [1.165, 1.54) is 0 Å². The summed E-state index contributed by atoms with van der Waals surface area (Å²) in [5.41, 5.74) is 2.25. The second kappa shape index (κ2) is 7.81. The Morgan fingerprint density at radius 2 is 1.64 bits per heavy atom. The molecule has 6 nitrogen and oxygen atoms in total. The van der Waals surface area contributed by atoms with Gasteiger partial charge in [0.05, 0.1) is 5.75 Å². The van der Waals surface area contributed by atoms with Crippen molar-refractivity contribution in [2.24, 2.45) is 0 Å². The van der Waals surface area contributed by atoms with E-state index in [2.05, 4.69) is 36.3 Å². The molecule has 0 saturated heterocycles. The van der Waals surface area contributed by atoms with Crippen LogP contribution in [0.4, 0.5) is 5.13 Å². The number of nitrogens with zero attached hydrogens (tertiary/aromatic N) is 2. The molecule has 3 rings (SSSR count). The van der Waals surface area contributed by atoms with Crippen molar-refractivity contribution in [2.45, 2.75) is 36.3 Å². The molecule has 0 aliphatic heterocycles. The number of carbonyl (C=O) groups is 1. The average molecular weight is 416 g/mol. The van der Waals surface area contributed by atoms with E-state index in [0.29, 0.717) is 11.1 Å². The summed E-state index contributed by atoms with van der Waals surface area (Å²) in [6.45, 7) is 6.29. The van der Waals surface area contributed by atoms with Crippen LogP contribution in [0.3, 0.4) is 0 Å². The molecule has 0 saturated carbocycles. The number of amides is 1. The number of sulfone groups is 1. The fraction of sp³-hybridized carbons (Fsp3) is 0.250. The fourth-order valence-electron chi connectivity index (χ4n) is 2.53. The topological polar surface area (TPSA) is 89.0 Å². The maximum absolute atomic E-state index is 12.5. The quantitative estimate of drug-likeness (QED) is 0.635. The summed E-state index contributed by atoms with van der Waals surface area (Å²) in [4.78, 5) is 12.4. The minimum absolute atomic E-state index is 0.00372. The van der Waals surface area contributed by atoms with Gasteiger partial charge in [0.1, 0.15) is 0 Å². The van der Waals surface area contributed by atoms with Gasteiger partial charge in [0.25, 0.3) is 5.91 Å². The van der Waals surface area contributed by atoms with Crippen LogP contribution in [-0.4, -0.2) is 24.5 Å². The number of nitrogens with one attached hydrogen (secondary N) is 1. The summed E-state index contributed by atoms with van der Waals surface area (Å²) in [5, 5.41) is 10.3. The van der Waals surface area contributed by atoms with Crippen molar-refractivity contribution < 1.29 is 13.2 Å². The molecule has 1 N–H and O–H groups in total. The highest BCUT2D eigenvalue weighted by Gasteiger charge is 2.22. The van der Waals surface area contributed by atoms with Gasteiger partial charge in [-0.05, 0) is 28.7 Å². The average Bonchev–Trinajstić information content (AvgIpc) is 3.11. The fourth-order valence-corrected chi connectivity index (χ4v) is 4.85. The van der Waals surface area contributed by atoms with Crippen molar-refractivity contribution >= 4 is 32.2 Å². The van der Waals surface area contributed by atoms with Gasteiger partial charge in [0.2, 0.25) is 19.3 Å². The van der Waals surface area contributed by atoms with E-state index in [4.69, 9.17) is 0 Å². The third kappa shape index (κ3) is 4.82. The largest absolute Gasteiger partial charge is 0.296 e. The van der Waals surface area contributed by atoms with Crippen LogP contribution in [0.25, 0.3) is 0 Å². The van der Waals surface area contributed by atoms with Gasteiger partial charge < -0.3 is 0 Å². The second-order valence-corrected chi connectivity index (χ2v) is 10.5. The van der Waals surface area contributed by atoms with Crippen molar-refractivity contribution in [3.05, 3.63) is 71.3 Å². The van der Waals surface area contributed by atoms with Gasteiger partial charge in [-0.2, -0.15) is 0 Å². The minimum atomic E-state index is -3.62. The number of hydrogen-bond donors (Lipinski definition) is 1. The first-order chi connectivity index (χ1) is 13.1. The van der Waals surface area contributed by atoms with Crippen LogP contribution < -0.4 is 5.32 Å².